The molecule has 8 nitrogen and oxygen atoms in total. The lowest BCUT2D eigenvalue weighted by molar-refractivity contribution is -0.298. The largest absolute Gasteiger partial charge is 0.454 e. The number of aliphatic hydroxyl groups excluding tert-OH is 4. The van der Waals surface area contributed by atoms with Crippen molar-refractivity contribution in [2.45, 2.75) is 57.1 Å². The molecule has 2 aliphatic heterocycles. The van der Waals surface area contributed by atoms with E-state index in [0.29, 0.717) is 12.0 Å². The number of cyclic esters (lactones) is 1. The zero-order chi connectivity index (χ0) is 17.9. The minimum atomic E-state index is -1.49. The number of hydrogen-bond acceptors (Lipinski definition) is 8. The standard InChI is InChI=1S/C16H24O8/c1-8(2)5-10-6-9(15(21)23-10)3-4-22-16-14(20)13(19)12(18)11(7-17)24-16/h3,5,10-14,16-20H,4,6-7H2,1-2H3/t10?,11?,12-,13+,14?,16-/m1/s1. The Morgan fingerprint density at radius 1 is 1.25 bits per heavy atom. The maximum absolute atomic E-state index is 11.7. The molecule has 2 fully saturated rings. The van der Waals surface area contributed by atoms with Crippen LogP contribution in [0.3, 0.4) is 0 Å². The summed E-state index contributed by atoms with van der Waals surface area (Å²) >= 11 is 0. The van der Waals surface area contributed by atoms with Crippen LogP contribution in [-0.4, -0.2) is 76.4 Å². The van der Waals surface area contributed by atoms with E-state index in [4.69, 9.17) is 19.3 Å². The smallest absolute Gasteiger partial charge is 0.334 e. The van der Waals surface area contributed by atoms with Crippen molar-refractivity contribution < 1.29 is 39.4 Å². The van der Waals surface area contributed by atoms with Crippen LogP contribution in [0.15, 0.2) is 23.3 Å². The van der Waals surface area contributed by atoms with E-state index >= 15 is 0 Å². The molecule has 6 atom stereocenters. The first-order valence-electron chi connectivity index (χ1n) is 7.80. The maximum atomic E-state index is 11.7. The van der Waals surface area contributed by atoms with Crippen LogP contribution in [0.2, 0.25) is 0 Å². The number of ether oxygens (including phenoxy) is 3. The van der Waals surface area contributed by atoms with Crippen LogP contribution in [-0.2, 0) is 19.0 Å². The predicted octanol–water partition coefficient (Wildman–Crippen LogP) is -0.989. The Morgan fingerprint density at radius 2 is 1.96 bits per heavy atom. The molecule has 2 heterocycles. The summed E-state index contributed by atoms with van der Waals surface area (Å²) in [7, 11) is 0. The highest BCUT2D eigenvalue weighted by atomic mass is 16.7. The fourth-order valence-electron chi connectivity index (χ4n) is 2.63. The summed E-state index contributed by atoms with van der Waals surface area (Å²) in [6, 6.07) is 0. The highest BCUT2D eigenvalue weighted by Gasteiger charge is 2.43. The van der Waals surface area contributed by atoms with E-state index in [1.807, 2.05) is 19.9 Å². The summed E-state index contributed by atoms with van der Waals surface area (Å²) in [4.78, 5) is 11.7. The first-order valence-corrected chi connectivity index (χ1v) is 7.80. The molecule has 2 saturated heterocycles. The minimum Gasteiger partial charge on any atom is -0.454 e. The third-order valence-electron chi connectivity index (χ3n) is 3.90. The molecule has 0 aromatic rings. The SMILES string of the molecule is CC(C)=CC1CC(=CCO[C@@H]2OC(CO)[C@@H](O)[C@H](O)C2O)C(=O)O1. The van der Waals surface area contributed by atoms with Gasteiger partial charge in [-0.1, -0.05) is 5.57 Å². The molecule has 0 aromatic carbocycles. The van der Waals surface area contributed by atoms with E-state index in [2.05, 4.69) is 0 Å². The van der Waals surface area contributed by atoms with Gasteiger partial charge in [0.15, 0.2) is 6.29 Å². The minimum absolute atomic E-state index is 0.0470. The van der Waals surface area contributed by atoms with Gasteiger partial charge in [0.2, 0.25) is 0 Å². The Bertz CT molecular complexity index is 508. The maximum Gasteiger partial charge on any atom is 0.334 e. The fraction of sp³-hybridized carbons (Fsp3) is 0.688. The zero-order valence-electron chi connectivity index (χ0n) is 13.7. The number of carbonyl (C=O) groups excluding carboxylic acids is 1. The lowest BCUT2D eigenvalue weighted by Crippen LogP contribution is -2.59. The molecule has 0 aliphatic carbocycles. The molecule has 4 N–H and O–H groups in total. The normalized spacial score (nSPS) is 38.2. The molecule has 136 valence electrons. The molecule has 8 heteroatoms. The summed E-state index contributed by atoms with van der Waals surface area (Å²) in [6.07, 6.45) is -3.11. The van der Waals surface area contributed by atoms with Crippen molar-refractivity contribution in [1.82, 2.24) is 0 Å². The summed E-state index contributed by atoms with van der Waals surface area (Å²) in [6.45, 7) is 3.26. The summed E-state index contributed by atoms with van der Waals surface area (Å²) < 4.78 is 15.7. The molecule has 0 radical (unpaired) electrons. The summed E-state index contributed by atoms with van der Waals surface area (Å²) in [5.74, 6) is -0.421. The number of carbonyl (C=O) groups is 1. The van der Waals surface area contributed by atoms with Gasteiger partial charge in [-0.2, -0.15) is 0 Å². The van der Waals surface area contributed by atoms with Crippen LogP contribution in [0.4, 0.5) is 0 Å². The number of allylic oxidation sites excluding steroid dienone is 1. The highest BCUT2D eigenvalue weighted by Crippen LogP contribution is 2.24. The summed E-state index contributed by atoms with van der Waals surface area (Å²) in [5, 5.41) is 38.3. The monoisotopic (exact) mass is 344 g/mol. The third kappa shape index (κ3) is 4.41. The van der Waals surface area contributed by atoms with Crippen molar-refractivity contribution in [3.05, 3.63) is 23.3 Å². The average molecular weight is 344 g/mol. The van der Waals surface area contributed by atoms with Crippen molar-refractivity contribution in [2.24, 2.45) is 0 Å². The van der Waals surface area contributed by atoms with Crippen LogP contribution >= 0.6 is 0 Å². The van der Waals surface area contributed by atoms with Crippen LogP contribution in [0.1, 0.15) is 20.3 Å². The lowest BCUT2D eigenvalue weighted by Gasteiger charge is -2.39. The van der Waals surface area contributed by atoms with Crippen LogP contribution < -0.4 is 0 Å². The van der Waals surface area contributed by atoms with Gasteiger partial charge in [-0.05, 0) is 26.0 Å². The van der Waals surface area contributed by atoms with Gasteiger partial charge >= 0.3 is 5.97 Å². The third-order valence-corrected chi connectivity index (χ3v) is 3.90. The Hall–Kier alpha value is -1.29. The van der Waals surface area contributed by atoms with E-state index in [-0.39, 0.29) is 12.7 Å². The van der Waals surface area contributed by atoms with E-state index in [1.165, 1.54) is 6.08 Å². The van der Waals surface area contributed by atoms with Crippen LogP contribution in [0, 0.1) is 0 Å². The molecule has 0 amide bonds. The molecule has 0 aromatic heterocycles. The van der Waals surface area contributed by atoms with E-state index in [0.717, 1.165) is 5.57 Å². The van der Waals surface area contributed by atoms with Crippen molar-refractivity contribution in [1.29, 1.82) is 0 Å². The Morgan fingerprint density at radius 3 is 2.58 bits per heavy atom. The molecule has 2 aliphatic rings. The van der Waals surface area contributed by atoms with Crippen LogP contribution in [0.25, 0.3) is 0 Å². The topological polar surface area (TPSA) is 126 Å². The lowest BCUT2D eigenvalue weighted by atomic mass is 9.99. The Labute approximate surface area is 140 Å². The molecule has 0 bridgehead atoms. The quantitative estimate of drug-likeness (QED) is 0.285. The van der Waals surface area contributed by atoms with Gasteiger partial charge in [0.25, 0.3) is 0 Å². The molecular formula is C16H24O8. The average Bonchev–Trinajstić information content (AvgIpc) is 2.86. The van der Waals surface area contributed by atoms with Gasteiger partial charge < -0.3 is 34.6 Å². The molecule has 0 saturated carbocycles. The van der Waals surface area contributed by atoms with Gasteiger partial charge in [0.05, 0.1) is 13.2 Å². The molecular weight excluding hydrogens is 320 g/mol. The second-order valence-corrected chi connectivity index (χ2v) is 6.15. The van der Waals surface area contributed by atoms with E-state index in [9.17, 15) is 20.1 Å². The van der Waals surface area contributed by atoms with Gasteiger partial charge in [-0.15, -0.1) is 0 Å². The van der Waals surface area contributed by atoms with Crippen molar-refractivity contribution in [2.75, 3.05) is 13.2 Å². The van der Waals surface area contributed by atoms with Crippen molar-refractivity contribution >= 4 is 5.97 Å². The van der Waals surface area contributed by atoms with Crippen LogP contribution in [0.5, 0.6) is 0 Å². The Balaban J connectivity index is 1.91. The number of hydrogen-bond donors (Lipinski definition) is 4. The first kappa shape index (κ1) is 19.0. The number of esters is 1. The van der Waals surface area contributed by atoms with Gasteiger partial charge in [0.1, 0.15) is 30.5 Å². The Kier molecular flexibility index (Phi) is 6.50. The number of aliphatic hydroxyl groups is 4. The molecule has 3 unspecified atom stereocenters. The van der Waals surface area contributed by atoms with Gasteiger partial charge in [0, 0.05) is 12.0 Å². The van der Waals surface area contributed by atoms with Gasteiger partial charge in [-0.25, -0.2) is 4.79 Å². The van der Waals surface area contributed by atoms with E-state index in [1.54, 1.807) is 0 Å². The highest BCUT2D eigenvalue weighted by molar-refractivity contribution is 5.90. The predicted molar refractivity (Wildman–Crippen MR) is 81.7 cm³/mol. The molecule has 24 heavy (non-hydrogen) atoms. The molecule has 2 rings (SSSR count). The fourth-order valence-corrected chi connectivity index (χ4v) is 2.63. The second-order valence-electron chi connectivity index (χ2n) is 6.15. The zero-order valence-corrected chi connectivity index (χ0v) is 13.7. The second kappa shape index (κ2) is 8.19. The number of rotatable bonds is 5. The van der Waals surface area contributed by atoms with Gasteiger partial charge in [-0.3, -0.25) is 0 Å². The molecule has 0 spiro atoms. The summed E-state index contributed by atoms with van der Waals surface area (Å²) in [5.41, 5.74) is 1.51. The first-order chi connectivity index (χ1) is 11.3. The van der Waals surface area contributed by atoms with Crippen molar-refractivity contribution in [3.63, 3.8) is 0 Å². The van der Waals surface area contributed by atoms with Crippen molar-refractivity contribution in [3.8, 4) is 0 Å². The van der Waals surface area contributed by atoms with E-state index < -0.39 is 43.3 Å².